The predicted molar refractivity (Wildman–Crippen MR) is 86.7 cm³/mol. The van der Waals surface area contributed by atoms with Crippen molar-refractivity contribution in [1.82, 2.24) is 9.62 Å². The molecule has 140 valence electrons. The molecule has 1 fully saturated rings. The number of halogens is 4. The molecule has 5 nitrogen and oxygen atoms in total. The molecule has 1 aromatic carbocycles. The lowest BCUT2D eigenvalue weighted by Gasteiger charge is -2.20. The lowest BCUT2D eigenvalue weighted by Crippen LogP contribution is -2.40. The summed E-state index contributed by atoms with van der Waals surface area (Å²) >= 11 is 5.73. The molecule has 0 radical (unpaired) electrons. The van der Waals surface area contributed by atoms with Crippen LogP contribution in [0.2, 0.25) is 5.02 Å². The third kappa shape index (κ3) is 5.32. The van der Waals surface area contributed by atoms with E-state index >= 15 is 0 Å². The highest BCUT2D eigenvalue weighted by molar-refractivity contribution is 7.89. The second-order valence-electron chi connectivity index (χ2n) is 5.76. The number of nitrogens with zero attached hydrogens (tertiary/aromatic N) is 1. The molecule has 0 aromatic heterocycles. The van der Waals surface area contributed by atoms with Gasteiger partial charge in [0.15, 0.2) is 0 Å². The number of likely N-dealkylation sites (tertiary alicyclic amines) is 1. The van der Waals surface area contributed by atoms with E-state index in [1.807, 2.05) is 4.72 Å². The smallest absolute Gasteiger partial charge is 0.342 e. The van der Waals surface area contributed by atoms with E-state index in [0.717, 1.165) is 31.7 Å². The molecule has 1 amide bonds. The number of carbonyl (C=O) groups excluding carboxylic acids is 1. The van der Waals surface area contributed by atoms with Crippen molar-refractivity contribution in [2.45, 2.75) is 36.8 Å². The minimum atomic E-state index is -4.70. The number of sulfonamides is 1. The standard InChI is InChI=1S/C15H18ClF3N2O3S/c16-12-6-5-11(15(17,18)19)9-13(12)25(23,24)20-10-14(22)21-7-3-1-2-4-8-21/h5-6,9,20H,1-4,7-8,10H2. The quantitative estimate of drug-likeness (QED) is 0.847. The molecular formula is C15H18ClF3N2O3S. The van der Waals surface area contributed by atoms with Crippen LogP contribution in [0, 0.1) is 0 Å². The minimum absolute atomic E-state index is 0.345. The summed E-state index contributed by atoms with van der Waals surface area (Å²) in [5.41, 5.74) is -1.13. The van der Waals surface area contributed by atoms with Crippen LogP contribution in [0.15, 0.2) is 23.1 Å². The Morgan fingerprint density at radius 3 is 2.32 bits per heavy atom. The maximum absolute atomic E-state index is 12.8. The van der Waals surface area contributed by atoms with Crippen LogP contribution in [-0.2, 0) is 21.0 Å². The van der Waals surface area contributed by atoms with Crippen molar-refractivity contribution in [3.63, 3.8) is 0 Å². The molecule has 1 aromatic rings. The summed E-state index contributed by atoms with van der Waals surface area (Å²) < 4.78 is 64.8. The van der Waals surface area contributed by atoms with Crippen molar-refractivity contribution in [2.75, 3.05) is 19.6 Å². The van der Waals surface area contributed by atoms with Gasteiger partial charge >= 0.3 is 6.18 Å². The lowest BCUT2D eigenvalue weighted by molar-refractivity contribution is -0.137. The van der Waals surface area contributed by atoms with Gasteiger partial charge in [0.05, 0.1) is 17.1 Å². The fraction of sp³-hybridized carbons (Fsp3) is 0.533. The first-order valence-corrected chi connectivity index (χ1v) is 9.61. The molecule has 1 saturated heterocycles. The van der Waals surface area contributed by atoms with E-state index in [1.165, 1.54) is 0 Å². The Bertz CT molecular complexity index is 730. The maximum Gasteiger partial charge on any atom is 0.416 e. The first-order valence-electron chi connectivity index (χ1n) is 7.75. The van der Waals surface area contributed by atoms with E-state index in [9.17, 15) is 26.4 Å². The highest BCUT2D eigenvalue weighted by Crippen LogP contribution is 2.33. The van der Waals surface area contributed by atoms with Crippen LogP contribution in [0.25, 0.3) is 0 Å². The van der Waals surface area contributed by atoms with E-state index in [-0.39, 0.29) is 5.02 Å². The number of alkyl halides is 3. The summed E-state index contributed by atoms with van der Waals surface area (Å²) in [6.07, 6.45) is -0.989. The Morgan fingerprint density at radius 1 is 1.16 bits per heavy atom. The monoisotopic (exact) mass is 398 g/mol. The summed E-state index contributed by atoms with van der Waals surface area (Å²) in [7, 11) is -4.35. The van der Waals surface area contributed by atoms with Crippen molar-refractivity contribution < 1.29 is 26.4 Å². The van der Waals surface area contributed by atoms with Crippen LogP contribution in [0.4, 0.5) is 13.2 Å². The zero-order chi connectivity index (χ0) is 18.7. The molecule has 0 bridgehead atoms. The molecule has 0 aliphatic carbocycles. The summed E-state index contributed by atoms with van der Waals surface area (Å²) in [6.45, 7) is 0.574. The van der Waals surface area contributed by atoms with Gasteiger partial charge < -0.3 is 4.90 Å². The Labute approximate surface area is 149 Å². The van der Waals surface area contributed by atoms with Crippen LogP contribution < -0.4 is 4.72 Å². The SMILES string of the molecule is O=C(CNS(=O)(=O)c1cc(C(F)(F)F)ccc1Cl)N1CCCCCC1. The number of carbonyl (C=O) groups is 1. The molecule has 0 saturated carbocycles. The number of amides is 1. The van der Waals surface area contributed by atoms with Gasteiger partial charge in [-0.15, -0.1) is 0 Å². The predicted octanol–water partition coefficient (Wildman–Crippen LogP) is 3.04. The Kier molecular flexibility index (Phi) is 6.34. The van der Waals surface area contributed by atoms with E-state index in [1.54, 1.807) is 4.90 Å². The van der Waals surface area contributed by atoms with E-state index in [4.69, 9.17) is 11.6 Å². The van der Waals surface area contributed by atoms with Crippen LogP contribution in [0.3, 0.4) is 0 Å². The van der Waals surface area contributed by atoms with Crippen molar-refractivity contribution in [1.29, 1.82) is 0 Å². The van der Waals surface area contributed by atoms with E-state index < -0.39 is 39.1 Å². The molecule has 10 heteroatoms. The van der Waals surface area contributed by atoms with Gasteiger partial charge in [0, 0.05) is 13.1 Å². The third-order valence-electron chi connectivity index (χ3n) is 3.92. The lowest BCUT2D eigenvalue weighted by atomic mass is 10.2. The van der Waals surface area contributed by atoms with Gasteiger partial charge in [0.1, 0.15) is 4.90 Å². The number of nitrogens with one attached hydrogen (secondary N) is 1. The Hall–Kier alpha value is -1.32. The zero-order valence-electron chi connectivity index (χ0n) is 13.3. The summed E-state index contributed by atoms with van der Waals surface area (Å²) in [5.74, 6) is -0.409. The molecule has 2 rings (SSSR count). The number of rotatable bonds is 4. The second kappa shape index (κ2) is 7.92. The molecule has 0 atom stereocenters. The number of hydrogen-bond donors (Lipinski definition) is 1. The summed E-state index contributed by atoms with van der Waals surface area (Å²) in [5, 5.41) is -0.345. The fourth-order valence-electron chi connectivity index (χ4n) is 2.55. The largest absolute Gasteiger partial charge is 0.416 e. The molecule has 1 heterocycles. The number of hydrogen-bond acceptors (Lipinski definition) is 3. The van der Waals surface area contributed by atoms with Crippen LogP contribution in [0.1, 0.15) is 31.2 Å². The molecule has 0 unspecified atom stereocenters. The molecule has 1 aliphatic rings. The summed E-state index contributed by atoms with van der Waals surface area (Å²) in [6, 6.07) is 2.03. The minimum Gasteiger partial charge on any atom is -0.342 e. The first-order chi connectivity index (χ1) is 11.6. The first kappa shape index (κ1) is 20.0. The van der Waals surface area contributed by atoms with Crippen LogP contribution in [0.5, 0.6) is 0 Å². The van der Waals surface area contributed by atoms with Crippen molar-refractivity contribution in [3.8, 4) is 0 Å². The molecule has 25 heavy (non-hydrogen) atoms. The number of benzene rings is 1. The highest BCUT2D eigenvalue weighted by atomic mass is 35.5. The molecular weight excluding hydrogens is 381 g/mol. The average molecular weight is 399 g/mol. The van der Waals surface area contributed by atoms with Crippen molar-refractivity contribution in [3.05, 3.63) is 28.8 Å². The molecule has 1 N–H and O–H groups in total. The van der Waals surface area contributed by atoms with Crippen LogP contribution in [-0.4, -0.2) is 38.9 Å². The highest BCUT2D eigenvalue weighted by Gasteiger charge is 2.33. The topological polar surface area (TPSA) is 66.5 Å². The van der Waals surface area contributed by atoms with Gasteiger partial charge in [-0.25, -0.2) is 13.1 Å². The maximum atomic E-state index is 12.8. The Morgan fingerprint density at radius 2 is 1.76 bits per heavy atom. The summed E-state index contributed by atoms with van der Waals surface area (Å²) in [4.78, 5) is 13.0. The van der Waals surface area contributed by atoms with E-state index in [0.29, 0.717) is 25.2 Å². The van der Waals surface area contributed by atoms with Crippen molar-refractivity contribution >= 4 is 27.5 Å². The third-order valence-corrected chi connectivity index (χ3v) is 5.80. The molecule has 1 aliphatic heterocycles. The average Bonchev–Trinajstić information content (AvgIpc) is 2.81. The van der Waals surface area contributed by atoms with Gasteiger partial charge in [0.2, 0.25) is 15.9 Å². The van der Waals surface area contributed by atoms with Gasteiger partial charge in [-0.05, 0) is 31.0 Å². The Balaban J connectivity index is 2.12. The van der Waals surface area contributed by atoms with Crippen LogP contribution >= 0.6 is 11.6 Å². The second-order valence-corrected chi connectivity index (χ2v) is 7.91. The van der Waals surface area contributed by atoms with Gasteiger partial charge in [0.25, 0.3) is 0 Å². The van der Waals surface area contributed by atoms with Gasteiger partial charge in [-0.2, -0.15) is 13.2 Å². The van der Waals surface area contributed by atoms with Gasteiger partial charge in [-0.3, -0.25) is 4.79 Å². The van der Waals surface area contributed by atoms with Gasteiger partial charge in [-0.1, -0.05) is 24.4 Å². The van der Waals surface area contributed by atoms with Crippen molar-refractivity contribution in [2.24, 2.45) is 0 Å². The zero-order valence-corrected chi connectivity index (χ0v) is 14.8. The molecule has 0 spiro atoms. The fourth-order valence-corrected chi connectivity index (χ4v) is 4.05. The van der Waals surface area contributed by atoms with E-state index in [2.05, 4.69) is 0 Å². The normalized spacial score (nSPS) is 16.6.